The minimum atomic E-state index is -1.46. The summed E-state index contributed by atoms with van der Waals surface area (Å²) in [6.07, 6.45) is 8.50. The normalized spacial score (nSPS) is 10.4. The van der Waals surface area contributed by atoms with Gasteiger partial charge in [-0.3, -0.25) is 0 Å². The molecule has 0 N–H and O–H groups in total. The molecule has 2 aromatic heterocycles. The molecule has 0 radical (unpaired) electrons. The molecule has 4 rings (SSSR count). The maximum absolute atomic E-state index is 13.5. The van der Waals surface area contributed by atoms with Crippen molar-refractivity contribution in [2.75, 3.05) is 0 Å². The molecule has 0 atom stereocenters. The zero-order valence-electron chi connectivity index (χ0n) is 25.5. The summed E-state index contributed by atoms with van der Waals surface area (Å²) >= 11 is 2.16. The first-order chi connectivity index (χ1) is 20.0. The van der Waals surface area contributed by atoms with E-state index in [4.69, 9.17) is 16.9 Å². The number of benzene rings is 2. The predicted octanol–water partition coefficient (Wildman–Crippen LogP) is 7.71. The van der Waals surface area contributed by atoms with E-state index >= 15 is 0 Å². The molecule has 2 heterocycles. The predicted molar refractivity (Wildman–Crippen MR) is 181 cm³/mol. The van der Waals surface area contributed by atoms with Gasteiger partial charge in [-0.15, -0.1) is 17.5 Å². The molecule has 0 spiro atoms. The van der Waals surface area contributed by atoms with Gasteiger partial charge in [0.1, 0.15) is 27.8 Å². The van der Waals surface area contributed by atoms with Gasteiger partial charge in [-0.1, -0.05) is 45.2 Å². The average molecular weight is 723 g/mol. The Morgan fingerprint density at radius 1 is 0.744 bits per heavy atom. The van der Waals surface area contributed by atoms with Crippen molar-refractivity contribution in [2.24, 2.45) is 0 Å². The van der Waals surface area contributed by atoms with E-state index in [1.807, 2.05) is 26.0 Å². The minimum Gasteiger partial charge on any atom is -0.237 e. The molecule has 0 fully saturated rings. The standard InChI is InChI=1S/C16H16FN3Si.C11H7FIN3.C5H10Si/c1-12-14(5-6-21(2,3)4)11-19-20(12)16-8-13(10-18)7-15(17)9-16;1-7-11(13)6-15-16(7)10-3-8(5-14)2-9(12)4-10;1-5-6(2,3)4/h7-9,11H,1-4H3;2-4,6H,1H3;1H,2-4H3. The summed E-state index contributed by atoms with van der Waals surface area (Å²) in [5.74, 6) is 2.27. The van der Waals surface area contributed by atoms with Crippen LogP contribution in [0.15, 0.2) is 48.8 Å². The highest BCUT2D eigenvalue weighted by atomic mass is 127. The van der Waals surface area contributed by atoms with E-state index in [-0.39, 0.29) is 5.56 Å². The van der Waals surface area contributed by atoms with Gasteiger partial charge in [-0.25, -0.2) is 18.1 Å². The van der Waals surface area contributed by atoms with Gasteiger partial charge in [-0.05, 0) is 72.8 Å². The SMILES string of the molecule is C#C[Si](C)(C)C.Cc1c(C#C[Si](C)(C)C)cnn1-c1cc(F)cc(C#N)c1.Cc1c(I)cnn1-c1cc(F)cc(C#N)c1. The van der Waals surface area contributed by atoms with Gasteiger partial charge in [0, 0.05) is 0 Å². The number of hydrogen-bond donors (Lipinski definition) is 0. The highest BCUT2D eigenvalue weighted by molar-refractivity contribution is 14.1. The molecule has 0 unspecified atom stereocenters. The Labute approximate surface area is 268 Å². The first-order valence-corrected chi connectivity index (χ1v) is 21.2. The fourth-order valence-electron chi connectivity index (χ4n) is 3.22. The van der Waals surface area contributed by atoms with Crippen LogP contribution in [0.4, 0.5) is 8.78 Å². The molecule has 0 amide bonds. The van der Waals surface area contributed by atoms with E-state index < -0.39 is 27.8 Å². The van der Waals surface area contributed by atoms with Crippen LogP contribution in [0.2, 0.25) is 39.3 Å². The first kappa shape index (κ1) is 35.2. The fraction of sp³-hybridized carbons (Fsp3) is 0.250. The van der Waals surface area contributed by atoms with Gasteiger partial charge < -0.3 is 0 Å². The van der Waals surface area contributed by atoms with E-state index in [1.165, 1.54) is 24.3 Å². The molecule has 6 nitrogen and oxygen atoms in total. The van der Waals surface area contributed by atoms with Crippen molar-refractivity contribution in [2.45, 2.75) is 53.1 Å². The van der Waals surface area contributed by atoms with Gasteiger partial charge in [0.15, 0.2) is 0 Å². The molecule has 43 heavy (non-hydrogen) atoms. The third-order valence-corrected chi connectivity index (χ3v) is 8.28. The number of halogens is 3. The molecule has 0 saturated heterocycles. The summed E-state index contributed by atoms with van der Waals surface area (Å²) in [6.45, 7) is 16.7. The summed E-state index contributed by atoms with van der Waals surface area (Å²) < 4.78 is 31.0. The minimum absolute atomic E-state index is 0.273. The summed E-state index contributed by atoms with van der Waals surface area (Å²) in [6, 6.07) is 12.2. The fourth-order valence-corrected chi connectivity index (χ4v) is 4.08. The lowest BCUT2D eigenvalue weighted by atomic mass is 10.2. The molecule has 2 aromatic carbocycles. The van der Waals surface area contributed by atoms with E-state index in [2.05, 4.69) is 89.1 Å². The van der Waals surface area contributed by atoms with Crippen molar-refractivity contribution in [1.82, 2.24) is 19.6 Å². The van der Waals surface area contributed by atoms with Crippen LogP contribution < -0.4 is 0 Å². The quantitative estimate of drug-likeness (QED) is 0.121. The van der Waals surface area contributed by atoms with Crippen LogP contribution in [0.3, 0.4) is 0 Å². The third-order valence-electron chi connectivity index (χ3n) is 5.48. The van der Waals surface area contributed by atoms with Crippen LogP contribution in [0, 0.1) is 75.1 Å². The van der Waals surface area contributed by atoms with Gasteiger partial charge in [0.2, 0.25) is 0 Å². The Kier molecular flexibility index (Phi) is 12.2. The number of aromatic nitrogens is 4. The monoisotopic (exact) mass is 722 g/mol. The maximum Gasteiger partial charge on any atom is 0.129 e. The van der Waals surface area contributed by atoms with E-state index in [0.29, 0.717) is 16.9 Å². The summed E-state index contributed by atoms with van der Waals surface area (Å²) in [4.78, 5) is 0. The van der Waals surface area contributed by atoms with E-state index in [9.17, 15) is 8.78 Å². The maximum atomic E-state index is 13.5. The smallest absolute Gasteiger partial charge is 0.129 e. The second kappa shape index (κ2) is 14.9. The Balaban J connectivity index is 0.000000259. The number of nitrogens with zero attached hydrogens (tertiary/aromatic N) is 6. The highest BCUT2D eigenvalue weighted by Crippen LogP contribution is 2.19. The zero-order valence-corrected chi connectivity index (χ0v) is 29.7. The second-order valence-corrected chi connectivity index (χ2v) is 22.3. The molecular weight excluding hydrogens is 689 g/mol. The summed E-state index contributed by atoms with van der Waals surface area (Å²) in [5.41, 5.74) is 10.3. The van der Waals surface area contributed by atoms with Crippen LogP contribution in [0.5, 0.6) is 0 Å². The number of hydrogen-bond acceptors (Lipinski definition) is 4. The molecule has 0 aliphatic heterocycles. The van der Waals surface area contributed by atoms with Crippen LogP contribution in [-0.4, -0.2) is 35.7 Å². The van der Waals surface area contributed by atoms with Crippen LogP contribution in [0.25, 0.3) is 11.4 Å². The van der Waals surface area contributed by atoms with Crippen molar-refractivity contribution in [3.05, 3.63) is 92.1 Å². The molecule has 0 bridgehead atoms. The van der Waals surface area contributed by atoms with Crippen molar-refractivity contribution in [3.8, 4) is 46.9 Å². The number of nitriles is 2. The summed E-state index contributed by atoms with van der Waals surface area (Å²) in [5, 5.41) is 26.1. The van der Waals surface area contributed by atoms with Gasteiger partial charge in [-0.2, -0.15) is 20.7 Å². The van der Waals surface area contributed by atoms with Gasteiger partial charge in [0.25, 0.3) is 0 Å². The van der Waals surface area contributed by atoms with Crippen molar-refractivity contribution >= 4 is 38.7 Å². The molecule has 11 heteroatoms. The van der Waals surface area contributed by atoms with Crippen molar-refractivity contribution in [3.63, 3.8) is 0 Å². The van der Waals surface area contributed by atoms with Crippen LogP contribution >= 0.6 is 22.6 Å². The highest BCUT2D eigenvalue weighted by Gasteiger charge is 2.12. The lowest BCUT2D eigenvalue weighted by Gasteiger charge is -2.05. The van der Waals surface area contributed by atoms with Gasteiger partial charge in [0.05, 0.1) is 67.6 Å². The number of rotatable bonds is 2. The Morgan fingerprint density at radius 3 is 1.56 bits per heavy atom. The topological polar surface area (TPSA) is 83.2 Å². The Hall–Kier alpha value is -4.02. The second-order valence-electron chi connectivity index (χ2n) is 11.6. The van der Waals surface area contributed by atoms with E-state index in [1.54, 1.807) is 33.9 Å². The number of terminal acetylenes is 1. The lowest BCUT2D eigenvalue weighted by Crippen LogP contribution is -2.16. The molecule has 0 saturated carbocycles. The molecule has 0 aliphatic rings. The van der Waals surface area contributed by atoms with Crippen molar-refractivity contribution < 1.29 is 8.78 Å². The zero-order chi connectivity index (χ0) is 32.5. The molecule has 4 aromatic rings. The van der Waals surface area contributed by atoms with Crippen LogP contribution in [0.1, 0.15) is 28.1 Å². The first-order valence-electron chi connectivity index (χ1n) is 13.2. The average Bonchev–Trinajstić information content (AvgIpc) is 3.47. The molecule has 0 aliphatic carbocycles. The summed E-state index contributed by atoms with van der Waals surface area (Å²) in [7, 11) is -2.56. The Bertz CT molecular complexity index is 1800. The Morgan fingerprint density at radius 2 is 1.19 bits per heavy atom. The molecular formula is C32H33F2IN6Si2. The van der Waals surface area contributed by atoms with Crippen molar-refractivity contribution in [1.29, 1.82) is 10.5 Å². The van der Waals surface area contributed by atoms with Gasteiger partial charge >= 0.3 is 0 Å². The largest absolute Gasteiger partial charge is 0.237 e. The molecule has 220 valence electrons. The lowest BCUT2D eigenvalue weighted by molar-refractivity contribution is 0.624. The van der Waals surface area contributed by atoms with Crippen LogP contribution in [-0.2, 0) is 0 Å². The van der Waals surface area contributed by atoms with E-state index in [0.717, 1.165) is 20.5 Å². The third kappa shape index (κ3) is 11.0.